The first-order valence-corrected chi connectivity index (χ1v) is 4.43. The number of nitro groups is 1. The van der Waals surface area contributed by atoms with Gasteiger partial charge in [-0.05, 0) is 18.1 Å². The predicted octanol–water partition coefficient (Wildman–Crippen LogP) is 0.131. The van der Waals surface area contributed by atoms with Crippen molar-refractivity contribution in [3.8, 4) is 0 Å². The molecule has 0 bridgehead atoms. The maximum atomic E-state index is 10.6. The molecule has 0 fully saturated rings. The summed E-state index contributed by atoms with van der Waals surface area (Å²) in [5, 5.41) is 19.2. The Morgan fingerprint density at radius 3 is 2.69 bits per heavy atom. The summed E-state index contributed by atoms with van der Waals surface area (Å²) in [7, 11) is 0. The van der Waals surface area contributed by atoms with Crippen LogP contribution >= 0.6 is 0 Å². The van der Waals surface area contributed by atoms with Crippen molar-refractivity contribution in [2.45, 2.75) is 12.5 Å². The molecule has 7 nitrogen and oxygen atoms in total. The Morgan fingerprint density at radius 1 is 1.56 bits per heavy atom. The number of aliphatic carboxylic acids is 1. The second-order valence-electron chi connectivity index (χ2n) is 3.30. The van der Waals surface area contributed by atoms with Crippen LogP contribution in [0.15, 0.2) is 18.2 Å². The molecule has 0 saturated carbocycles. The average molecular weight is 225 g/mol. The van der Waals surface area contributed by atoms with Crippen molar-refractivity contribution < 1.29 is 14.8 Å². The lowest BCUT2D eigenvalue weighted by Gasteiger charge is -2.06. The zero-order valence-corrected chi connectivity index (χ0v) is 8.29. The maximum Gasteiger partial charge on any atom is 0.320 e. The lowest BCUT2D eigenvalue weighted by molar-refractivity contribution is -0.384. The van der Waals surface area contributed by atoms with Gasteiger partial charge in [0, 0.05) is 6.07 Å². The van der Waals surface area contributed by atoms with Crippen LogP contribution < -0.4 is 11.5 Å². The van der Waals surface area contributed by atoms with Gasteiger partial charge >= 0.3 is 5.97 Å². The first-order chi connectivity index (χ1) is 7.41. The number of carbonyl (C=O) groups is 1. The molecule has 16 heavy (non-hydrogen) atoms. The third kappa shape index (κ3) is 2.67. The number of carboxylic acid groups (broad SMARTS) is 1. The SMILES string of the molecule is Nc1ccc(CC(N)C(=O)O)cc1[N+](=O)[O-]. The number of rotatable bonds is 4. The molecule has 0 aliphatic carbocycles. The van der Waals surface area contributed by atoms with Gasteiger partial charge < -0.3 is 16.6 Å². The summed E-state index contributed by atoms with van der Waals surface area (Å²) in [4.78, 5) is 20.5. The fourth-order valence-corrected chi connectivity index (χ4v) is 1.22. The highest BCUT2D eigenvalue weighted by Gasteiger charge is 2.16. The minimum Gasteiger partial charge on any atom is -0.480 e. The van der Waals surface area contributed by atoms with E-state index in [2.05, 4.69) is 0 Å². The largest absolute Gasteiger partial charge is 0.480 e. The average Bonchev–Trinajstić information content (AvgIpc) is 2.20. The zero-order chi connectivity index (χ0) is 12.3. The predicted molar refractivity (Wildman–Crippen MR) is 56.8 cm³/mol. The van der Waals surface area contributed by atoms with Crippen molar-refractivity contribution in [1.29, 1.82) is 0 Å². The molecule has 1 unspecified atom stereocenters. The Hall–Kier alpha value is -2.15. The molecule has 5 N–H and O–H groups in total. The summed E-state index contributed by atoms with van der Waals surface area (Å²) in [6.45, 7) is 0. The van der Waals surface area contributed by atoms with Crippen molar-refractivity contribution in [3.63, 3.8) is 0 Å². The minimum atomic E-state index is -1.15. The number of nitrogen functional groups attached to an aromatic ring is 1. The number of anilines is 1. The number of hydrogen-bond donors (Lipinski definition) is 3. The normalized spacial score (nSPS) is 12.1. The molecule has 0 aliphatic heterocycles. The quantitative estimate of drug-likeness (QED) is 0.379. The minimum absolute atomic E-state index is 0.0243. The van der Waals surface area contributed by atoms with E-state index in [1.807, 2.05) is 0 Å². The van der Waals surface area contributed by atoms with Crippen LogP contribution in [0.5, 0.6) is 0 Å². The molecule has 1 atom stereocenters. The van der Waals surface area contributed by atoms with Crippen molar-refractivity contribution in [2.24, 2.45) is 5.73 Å². The molecule has 1 aromatic rings. The third-order valence-corrected chi connectivity index (χ3v) is 2.06. The van der Waals surface area contributed by atoms with Crippen LogP contribution in [0.25, 0.3) is 0 Å². The Kier molecular flexibility index (Phi) is 3.41. The van der Waals surface area contributed by atoms with Crippen LogP contribution in [0.1, 0.15) is 5.56 Å². The van der Waals surface area contributed by atoms with Gasteiger partial charge in [-0.1, -0.05) is 6.07 Å². The van der Waals surface area contributed by atoms with E-state index in [1.54, 1.807) is 0 Å². The summed E-state index contributed by atoms with van der Waals surface area (Å²) < 4.78 is 0. The lowest BCUT2D eigenvalue weighted by Crippen LogP contribution is -2.32. The second kappa shape index (κ2) is 4.58. The number of hydrogen-bond acceptors (Lipinski definition) is 5. The first-order valence-electron chi connectivity index (χ1n) is 4.43. The van der Waals surface area contributed by atoms with Gasteiger partial charge in [0.15, 0.2) is 0 Å². The molecule has 0 aliphatic rings. The van der Waals surface area contributed by atoms with Crippen molar-refractivity contribution in [1.82, 2.24) is 0 Å². The Bertz CT molecular complexity index is 433. The third-order valence-electron chi connectivity index (χ3n) is 2.06. The standard InChI is InChI=1S/C9H11N3O4/c10-6-2-1-5(3-7(11)9(13)14)4-8(6)12(15)16/h1-2,4,7H,3,10-11H2,(H,13,14). The van der Waals surface area contributed by atoms with Crippen LogP contribution in [0.2, 0.25) is 0 Å². The van der Waals surface area contributed by atoms with Crippen molar-refractivity contribution in [3.05, 3.63) is 33.9 Å². The van der Waals surface area contributed by atoms with E-state index < -0.39 is 16.9 Å². The number of nitrogens with two attached hydrogens (primary N) is 2. The van der Waals surface area contributed by atoms with Crippen LogP contribution in [-0.2, 0) is 11.2 Å². The van der Waals surface area contributed by atoms with E-state index >= 15 is 0 Å². The van der Waals surface area contributed by atoms with Gasteiger partial charge in [0.1, 0.15) is 11.7 Å². The summed E-state index contributed by atoms with van der Waals surface area (Å²) >= 11 is 0. The topological polar surface area (TPSA) is 132 Å². The van der Waals surface area contributed by atoms with Gasteiger partial charge in [0.05, 0.1) is 4.92 Å². The van der Waals surface area contributed by atoms with E-state index in [-0.39, 0.29) is 17.8 Å². The van der Waals surface area contributed by atoms with Gasteiger partial charge in [0.2, 0.25) is 0 Å². The molecule has 7 heteroatoms. The monoisotopic (exact) mass is 225 g/mol. The van der Waals surface area contributed by atoms with Crippen LogP contribution in [0.4, 0.5) is 11.4 Å². The molecule has 0 amide bonds. The number of benzene rings is 1. The van der Waals surface area contributed by atoms with Crippen LogP contribution in [-0.4, -0.2) is 22.0 Å². The highest BCUT2D eigenvalue weighted by atomic mass is 16.6. The number of nitro benzene ring substituents is 1. The van der Waals surface area contributed by atoms with Gasteiger partial charge in [-0.3, -0.25) is 14.9 Å². The molecule has 0 heterocycles. The van der Waals surface area contributed by atoms with E-state index in [0.29, 0.717) is 5.56 Å². The summed E-state index contributed by atoms with van der Waals surface area (Å²) in [6, 6.07) is 3.04. The number of nitrogens with zero attached hydrogens (tertiary/aromatic N) is 1. The molecule has 0 radical (unpaired) electrons. The van der Waals surface area contributed by atoms with Gasteiger partial charge in [-0.2, -0.15) is 0 Å². The van der Waals surface area contributed by atoms with E-state index in [4.69, 9.17) is 16.6 Å². The van der Waals surface area contributed by atoms with E-state index in [9.17, 15) is 14.9 Å². The fraction of sp³-hybridized carbons (Fsp3) is 0.222. The highest BCUT2D eigenvalue weighted by Crippen LogP contribution is 2.22. The van der Waals surface area contributed by atoms with Crippen molar-refractivity contribution >= 4 is 17.3 Å². The second-order valence-corrected chi connectivity index (χ2v) is 3.30. The maximum absolute atomic E-state index is 10.6. The Labute approximate surface area is 90.8 Å². The van der Waals surface area contributed by atoms with E-state index in [1.165, 1.54) is 18.2 Å². The van der Waals surface area contributed by atoms with Crippen LogP contribution in [0.3, 0.4) is 0 Å². The van der Waals surface area contributed by atoms with E-state index in [0.717, 1.165) is 0 Å². The molecule has 1 aromatic carbocycles. The highest BCUT2D eigenvalue weighted by molar-refractivity contribution is 5.73. The smallest absolute Gasteiger partial charge is 0.320 e. The molecule has 1 rings (SSSR count). The van der Waals surface area contributed by atoms with Gasteiger partial charge in [-0.15, -0.1) is 0 Å². The molecular weight excluding hydrogens is 214 g/mol. The molecule has 86 valence electrons. The summed E-state index contributed by atoms with van der Waals surface area (Å²) in [6.07, 6.45) is 0.0243. The fourth-order valence-electron chi connectivity index (χ4n) is 1.22. The molecule has 0 spiro atoms. The number of carboxylic acids is 1. The Balaban J connectivity index is 2.95. The first kappa shape index (κ1) is 11.9. The summed E-state index contributed by atoms with van der Waals surface area (Å²) in [5.74, 6) is -1.15. The molecule has 0 saturated heterocycles. The molecule has 0 aromatic heterocycles. The van der Waals surface area contributed by atoms with Crippen LogP contribution in [0, 0.1) is 10.1 Å². The lowest BCUT2D eigenvalue weighted by atomic mass is 10.1. The molecular formula is C9H11N3O4. The zero-order valence-electron chi connectivity index (χ0n) is 8.29. The summed E-state index contributed by atoms with van der Waals surface area (Å²) in [5.41, 5.74) is 11.0. The van der Waals surface area contributed by atoms with Crippen molar-refractivity contribution in [2.75, 3.05) is 5.73 Å². The Morgan fingerprint density at radius 2 is 2.19 bits per heavy atom. The van der Waals surface area contributed by atoms with Gasteiger partial charge in [-0.25, -0.2) is 0 Å². The van der Waals surface area contributed by atoms with Gasteiger partial charge in [0.25, 0.3) is 5.69 Å².